The molecule has 4 heterocycles. The van der Waals surface area contributed by atoms with Crippen molar-refractivity contribution in [3.8, 4) is 22.4 Å². The number of ether oxygens (including phenoxy) is 2. The second kappa shape index (κ2) is 10.6. The number of fused-ring (bicyclic) bond motifs is 1. The molecule has 0 saturated carbocycles. The summed E-state index contributed by atoms with van der Waals surface area (Å²) in [4.78, 5) is 31.3. The molecular formula is C27H28N6O3. The highest BCUT2D eigenvalue weighted by Gasteiger charge is 2.17. The third kappa shape index (κ3) is 5.06. The second-order valence-corrected chi connectivity index (χ2v) is 8.44. The van der Waals surface area contributed by atoms with Crippen LogP contribution in [0.15, 0.2) is 66.6 Å². The average Bonchev–Trinajstić information content (AvgIpc) is 3.51. The van der Waals surface area contributed by atoms with Crippen molar-refractivity contribution in [3.63, 3.8) is 0 Å². The Hall–Kier alpha value is -4.24. The van der Waals surface area contributed by atoms with Gasteiger partial charge in [-0.15, -0.1) is 0 Å². The van der Waals surface area contributed by atoms with Crippen LogP contribution in [0.5, 0.6) is 0 Å². The number of aromatic amines is 1. The number of pyridine rings is 2. The largest absolute Gasteiger partial charge is 0.450 e. The Balaban J connectivity index is 1.46. The number of benzene rings is 1. The zero-order chi connectivity index (χ0) is 24.9. The molecule has 2 N–H and O–H groups in total. The van der Waals surface area contributed by atoms with Gasteiger partial charge in [0.25, 0.3) is 0 Å². The van der Waals surface area contributed by atoms with Crippen LogP contribution in [-0.2, 0) is 16.0 Å². The van der Waals surface area contributed by atoms with Crippen molar-refractivity contribution in [3.05, 3.63) is 72.3 Å². The van der Waals surface area contributed by atoms with E-state index in [1.54, 1.807) is 20.2 Å². The van der Waals surface area contributed by atoms with Gasteiger partial charge in [-0.25, -0.2) is 9.78 Å². The minimum atomic E-state index is -0.558. The predicted octanol–water partition coefficient (Wildman–Crippen LogP) is 4.99. The Kier molecular flexibility index (Phi) is 6.90. The number of H-pyrrole nitrogens is 1. The standard InChI is InChI=1S/C27H28N6O3/c1-3-36-27(34)32-26-30-24-14-19(13-22(25(24)31-26)23-8-4-5-11-28-23)18-9-10-20(29-15-18)16-33-12-6-7-21(33)17-35-2/h4-5,7-11,13-15H,3,6,12,16-17H2,1-2H3,(H2,30,31,32,34). The molecule has 1 amide bonds. The fourth-order valence-electron chi connectivity index (χ4n) is 4.35. The number of methoxy groups -OCH3 is 1. The van der Waals surface area contributed by atoms with Crippen LogP contribution in [0.25, 0.3) is 33.4 Å². The van der Waals surface area contributed by atoms with Crippen molar-refractivity contribution in [2.45, 2.75) is 19.9 Å². The molecule has 0 saturated heterocycles. The van der Waals surface area contributed by atoms with E-state index in [2.05, 4.69) is 49.4 Å². The van der Waals surface area contributed by atoms with Crippen LogP contribution in [0.4, 0.5) is 10.7 Å². The van der Waals surface area contributed by atoms with Crippen molar-refractivity contribution < 1.29 is 14.3 Å². The zero-order valence-electron chi connectivity index (χ0n) is 20.3. The first-order valence-electron chi connectivity index (χ1n) is 11.9. The van der Waals surface area contributed by atoms with Crippen molar-refractivity contribution in [2.75, 3.05) is 32.2 Å². The quantitative estimate of drug-likeness (QED) is 0.363. The maximum atomic E-state index is 11.9. The number of nitrogens with zero attached hydrogens (tertiary/aromatic N) is 4. The SMILES string of the molecule is CCOC(=O)Nc1nc2cc(-c3ccc(CN4CCC=C4COC)nc3)cc(-c3ccccn3)c2[nH]1. The molecule has 184 valence electrons. The van der Waals surface area contributed by atoms with Gasteiger partial charge in [0.05, 0.1) is 42.2 Å². The summed E-state index contributed by atoms with van der Waals surface area (Å²) in [7, 11) is 1.72. The van der Waals surface area contributed by atoms with E-state index in [4.69, 9.17) is 14.5 Å². The molecule has 0 atom stereocenters. The highest BCUT2D eigenvalue weighted by Crippen LogP contribution is 2.33. The number of rotatable bonds is 8. The third-order valence-corrected chi connectivity index (χ3v) is 6.02. The lowest BCUT2D eigenvalue weighted by Crippen LogP contribution is -2.22. The molecule has 0 spiro atoms. The fourth-order valence-corrected chi connectivity index (χ4v) is 4.35. The molecule has 36 heavy (non-hydrogen) atoms. The number of anilines is 1. The molecule has 0 bridgehead atoms. The van der Waals surface area contributed by atoms with Gasteiger partial charge in [0, 0.05) is 42.9 Å². The number of aromatic nitrogens is 4. The van der Waals surface area contributed by atoms with Crippen LogP contribution in [-0.4, -0.2) is 57.8 Å². The summed E-state index contributed by atoms with van der Waals surface area (Å²) >= 11 is 0. The summed E-state index contributed by atoms with van der Waals surface area (Å²) < 4.78 is 10.3. The molecule has 0 unspecified atom stereocenters. The number of imidazole rings is 1. The molecule has 9 nitrogen and oxygen atoms in total. The topological polar surface area (TPSA) is 105 Å². The molecule has 1 aliphatic rings. The van der Waals surface area contributed by atoms with E-state index in [0.29, 0.717) is 18.1 Å². The summed E-state index contributed by atoms with van der Waals surface area (Å²) in [5.74, 6) is 0.316. The zero-order valence-corrected chi connectivity index (χ0v) is 20.3. The molecule has 1 aromatic carbocycles. The number of hydrogen-bond acceptors (Lipinski definition) is 7. The van der Waals surface area contributed by atoms with Gasteiger partial charge in [-0.05, 0) is 49.2 Å². The van der Waals surface area contributed by atoms with Crippen LogP contribution in [0.1, 0.15) is 19.0 Å². The maximum absolute atomic E-state index is 11.9. The van der Waals surface area contributed by atoms with Crippen molar-refractivity contribution in [1.82, 2.24) is 24.8 Å². The second-order valence-electron chi connectivity index (χ2n) is 8.44. The minimum Gasteiger partial charge on any atom is -0.450 e. The van der Waals surface area contributed by atoms with Crippen molar-refractivity contribution in [1.29, 1.82) is 0 Å². The van der Waals surface area contributed by atoms with Crippen LogP contribution < -0.4 is 5.32 Å². The van der Waals surface area contributed by atoms with Gasteiger partial charge in [0.2, 0.25) is 5.95 Å². The van der Waals surface area contributed by atoms with Gasteiger partial charge in [0.15, 0.2) is 0 Å². The molecule has 0 aliphatic carbocycles. The molecule has 9 heteroatoms. The lowest BCUT2D eigenvalue weighted by Gasteiger charge is -2.21. The number of nitrogens with one attached hydrogen (secondary N) is 2. The van der Waals surface area contributed by atoms with Gasteiger partial charge < -0.3 is 19.4 Å². The summed E-state index contributed by atoms with van der Waals surface area (Å²) in [6.45, 7) is 4.37. The Morgan fingerprint density at radius 2 is 2.08 bits per heavy atom. The Morgan fingerprint density at radius 3 is 2.83 bits per heavy atom. The van der Waals surface area contributed by atoms with E-state index >= 15 is 0 Å². The predicted molar refractivity (Wildman–Crippen MR) is 138 cm³/mol. The highest BCUT2D eigenvalue weighted by molar-refractivity contribution is 5.97. The lowest BCUT2D eigenvalue weighted by atomic mass is 10.0. The maximum Gasteiger partial charge on any atom is 0.413 e. The van der Waals surface area contributed by atoms with Gasteiger partial charge in [0.1, 0.15) is 0 Å². The Morgan fingerprint density at radius 1 is 1.17 bits per heavy atom. The summed E-state index contributed by atoms with van der Waals surface area (Å²) in [5, 5.41) is 2.65. The fraction of sp³-hybridized carbons (Fsp3) is 0.259. The minimum absolute atomic E-state index is 0.278. The molecule has 4 aromatic rings. The van der Waals surface area contributed by atoms with Gasteiger partial charge in [-0.3, -0.25) is 15.3 Å². The molecule has 1 aliphatic heterocycles. The summed E-state index contributed by atoms with van der Waals surface area (Å²) in [6, 6.07) is 13.9. The molecule has 0 radical (unpaired) electrons. The first kappa shape index (κ1) is 23.5. The monoisotopic (exact) mass is 484 g/mol. The van der Waals surface area contributed by atoms with Crippen LogP contribution in [0.3, 0.4) is 0 Å². The summed E-state index contributed by atoms with van der Waals surface area (Å²) in [5.41, 5.74) is 7.28. The Bertz CT molecular complexity index is 1380. The van der Waals surface area contributed by atoms with Crippen molar-refractivity contribution in [2.24, 2.45) is 0 Å². The van der Waals surface area contributed by atoms with Gasteiger partial charge in [-0.1, -0.05) is 18.2 Å². The van der Waals surface area contributed by atoms with E-state index in [9.17, 15) is 4.79 Å². The van der Waals surface area contributed by atoms with Crippen LogP contribution >= 0.6 is 0 Å². The molecule has 5 rings (SSSR count). The van der Waals surface area contributed by atoms with Crippen LogP contribution in [0.2, 0.25) is 0 Å². The molecule has 3 aromatic heterocycles. The molecule has 0 fully saturated rings. The van der Waals surface area contributed by atoms with Crippen molar-refractivity contribution >= 4 is 23.1 Å². The summed E-state index contributed by atoms with van der Waals surface area (Å²) in [6.07, 6.45) is 6.34. The number of carbonyl (C=O) groups excluding carboxylic acids is 1. The van der Waals surface area contributed by atoms with E-state index in [-0.39, 0.29) is 6.61 Å². The first-order valence-corrected chi connectivity index (χ1v) is 11.9. The van der Waals surface area contributed by atoms with Crippen LogP contribution in [0, 0.1) is 0 Å². The Labute approximate surface area is 209 Å². The van der Waals surface area contributed by atoms with Gasteiger partial charge >= 0.3 is 6.09 Å². The average molecular weight is 485 g/mol. The number of hydrogen-bond donors (Lipinski definition) is 2. The van der Waals surface area contributed by atoms with Gasteiger partial charge in [-0.2, -0.15) is 0 Å². The smallest absolute Gasteiger partial charge is 0.413 e. The van der Waals surface area contributed by atoms with E-state index in [0.717, 1.165) is 53.1 Å². The number of amides is 1. The van der Waals surface area contributed by atoms with E-state index in [1.165, 1.54) is 5.70 Å². The van der Waals surface area contributed by atoms with E-state index in [1.807, 2.05) is 30.5 Å². The van der Waals surface area contributed by atoms with E-state index < -0.39 is 6.09 Å². The third-order valence-electron chi connectivity index (χ3n) is 6.02. The highest BCUT2D eigenvalue weighted by atomic mass is 16.5. The number of carbonyl (C=O) groups is 1. The normalized spacial score (nSPS) is 13.2. The molecular weight excluding hydrogens is 456 g/mol. The lowest BCUT2D eigenvalue weighted by molar-refractivity contribution is 0.167. The first-order chi connectivity index (χ1) is 17.6.